The minimum atomic E-state index is 0.181. The summed E-state index contributed by atoms with van der Waals surface area (Å²) in [5, 5.41) is 3.32. The summed E-state index contributed by atoms with van der Waals surface area (Å²) in [5.41, 5.74) is 10.0. The minimum Gasteiger partial charge on any atom is -0.372 e. The van der Waals surface area contributed by atoms with Crippen molar-refractivity contribution >= 4 is 40.1 Å². The average Bonchev–Trinajstić information content (AvgIpc) is 2.74. The summed E-state index contributed by atoms with van der Waals surface area (Å²) in [6.07, 6.45) is 2.61. The van der Waals surface area contributed by atoms with Crippen molar-refractivity contribution in [2.45, 2.75) is 24.8 Å². The Morgan fingerprint density at radius 3 is 2.80 bits per heavy atom. The summed E-state index contributed by atoms with van der Waals surface area (Å²) in [4.78, 5) is 17.7. The number of thioether (sulfide) groups is 1. The van der Waals surface area contributed by atoms with Crippen LogP contribution < -0.4 is 5.73 Å². The van der Waals surface area contributed by atoms with Crippen LogP contribution in [0.2, 0.25) is 5.02 Å². The number of ether oxygens (including phenoxy) is 1. The molecule has 1 aliphatic heterocycles. The second-order valence-corrected chi connectivity index (χ2v) is 8.41. The van der Waals surface area contributed by atoms with Crippen LogP contribution in [0.5, 0.6) is 0 Å². The van der Waals surface area contributed by atoms with E-state index in [1.807, 2.05) is 36.4 Å². The molecule has 0 saturated carbocycles. The molecule has 0 amide bonds. The summed E-state index contributed by atoms with van der Waals surface area (Å²) >= 11 is 8.20. The zero-order valence-electron chi connectivity index (χ0n) is 16.0. The van der Waals surface area contributed by atoms with Gasteiger partial charge in [0.2, 0.25) is 5.95 Å². The normalized spacial score (nSPS) is 13.0. The standard InChI is InChI=1S/C22H18ClN5OS/c23-17-10-14-12-29-11-13-4-3-6-16(18(13)14)19(17)20-26-21(24)28-22(27-20)30-9-7-15-5-1-2-8-25-15/h1-6,8,10H,7,9,11-12H2,(H2,24,26,27,28). The molecule has 3 heterocycles. The molecule has 0 aliphatic carbocycles. The largest absolute Gasteiger partial charge is 0.372 e. The first-order valence-corrected chi connectivity index (χ1v) is 10.9. The Hall–Kier alpha value is -2.74. The number of hydrogen-bond acceptors (Lipinski definition) is 7. The van der Waals surface area contributed by atoms with E-state index in [0.717, 1.165) is 45.3 Å². The molecule has 2 aromatic carbocycles. The Morgan fingerprint density at radius 2 is 1.93 bits per heavy atom. The van der Waals surface area contributed by atoms with Gasteiger partial charge in [0.05, 0.1) is 18.2 Å². The fourth-order valence-electron chi connectivity index (χ4n) is 3.69. The van der Waals surface area contributed by atoms with Crippen molar-refractivity contribution < 1.29 is 4.74 Å². The van der Waals surface area contributed by atoms with Gasteiger partial charge in [0.15, 0.2) is 11.0 Å². The SMILES string of the molecule is Nc1nc(SCCc2ccccn2)nc(-c2c(Cl)cc3c4c(cccc24)COC3)n1. The molecule has 150 valence electrons. The molecular formula is C22H18ClN5OS. The molecule has 0 fully saturated rings. The second kappa shape index (κ2) is 8.18. The molecule has 2 N–H and O–H groups in total. The van der Waals surface area contributed by atoms with Crippen molar-refractivity contribution in [2.24, 2.45) is 0 Å². The summed E-state index contributed by atoms with van der Waals surface area (Å²) < 4.78 is 5.68. The second-order valence-electron chi connectivity index (χ2n) is 6.94. The number of pyridine rings is 1. The monoisotopic (exact) mass is 435 g/mol. The molecule has 0 radical (unpaired) electrons. The van der Waals surface area contributed by atoms with Crippen molar-refractivity contribution in [2.75, 3.05) is 11.5 Å². The number of nitrogens with zero attached hydrogens (tertiary/aromatic N) is 4. The van der Waals surface area contributed by atoms with Crippen LogP contribution >= 0.6 is 23.4 Å². The van der Waals surface area contributed by atoms with E-state index in [4.69, 9.17) is 22.1 Å². The molecule has 2 aromatic heterocycles. The third kappa shape index (κ3) is 3.71. The highest BCUT2D eigenvalue weighted by atomic mass is 35.5. The summed E-state index contributed by atoms with van der Waals surface area (Å²) in [7, 11) is 0. The van der Waals surface area contributed by atoms with Crippen molar-refractivity contribution in [1.82, 2.24) is 19.9 Å². The maximum Gasteiger partial charge on any atom is 0.224 e. The number of anilines is 1. The molecule has 5 rings (SSSR count). The number of hydrogen-bond donors (Lipinski definition) is 1. The topological polar surface area (TPSA) is 86.8 Å². The number of aryl methyl sites for hydroxylation is 1. The first-order chi connectivity index (χ1) is 14.7. The molecule has 30 heavy (non-hydrogen) atoms. The molecule has 8 heteroatoms. The molecular weight excluding hydrogens is 418 g/mol. The first-order valence-electron chi connectivity index (χ1n) is 9.54. The molecule has 0 spiro atoms. The zero-order valence-corrected chi connectivity index (χ0v) is 17.6. The number of aromatic nitrogens is 4. The van der Waals surface area contributed by atoms with Gasteiger partial charge in [-0.2, -0.15) is 9.97 Å². The highest BCUT2D eigenvalue weighted by Crippen LogP contribution is 2.39. The van der Waals surface area contributed by atoms with E-state index in [9.17, 15) is 0 Å². The van der Waals surface area contributed by atoms with Gasteiger partial charge in [-0.1, -0.05) is 47.6 Å². The fourth-order valence-corrected chi connectivity index (χ4v) is 4.81. The van der Waals surface area contributed by atoms with E-state index >= 15 is 0 Å². The Kier molecular flexibility index (Phi) is 5.25. The van der Waals surface area contributed by atoms with Gasteiger partial charge in [-0.15, -0.1) is 0 Å². The van der Waals surface area contributed by atoms with Crippen molar-refractivity contribution in [1.29, 1.82) is 0 Å². The van der Waals surface area contributed by atoms with Crippen LogP contribution in [0, 0.1) is 0 Å². The van der Waals surface area contributed by atoms with Crippen LogP contribution in [0.15, 0.2) is 53.8 Å². The molecule has 6 nitrogen and oxygen atoms in total. The number of nitrogens with two attached hydrogens (primary N) is 1. The van der Waals surface area contributed by atoms with Crippen LogP contribution in [0.25, 0.3) is 22.2 Å². The lowest BCUT2D eigenvalue weighted by molar-refractivity contribution is 0.103. The molecule has 0 bridgehead atoms. The van der Waals surface area contributed by atoms with Crippen LogP contribution in [-0.4, -0.2) is 25.7 Å². The fraction of sp³-hybridized carbons (Fsp3) is 0.182. The Bertz CT molecular complexity index is 1240. The van der Waals surface area contributed by atoms with E-state index < -0.39 is 0 Å². The molecule has 0 atom stereocenters. The molecule has 4 aromatic rings. The molecule has 1 aliphatic rings. The number of halogens is 1. The van der Waals surface area contributed by atoms with Gasteiger partial charge in [-0.05, 0) is 46.5 Å². The van der Waals surface area contributed by atoms with Crippen LogP contribution in [0.3, 0.4) is 0 Å². The van der Waals surface area contributed by atoms with Crippen LogP contribution in [-0.2, 0) is 24.4 Å². The molecule has 0 saturated heterocycles. The van der Waals surface area contributed by atoms with Crippen molar-refractivity contribution in [3.05, 3.63) is 70.5 Å². The zero-order chi connectivity index (χ0) is 20.5. The van der Waals surface area contributed by atoms with Gasteiger partial charge < -0.3 is 10.5 Å². The van der Waals surface area contributed by atoms with Gasteiger partial charge in [0, 0.05) is 23.2 Å². The summed E-state index contributed by atoms with van der Waals surface area (Å²) in [6, 6.07) is 14.0. The molecule has 0 unspecified atom stereocenters. The maximum atomic E-state index is 6.68. The van der Waals surface area contributed by atoms with Gasteiger partial charge in [0.25, 0.3) is 0 Å². The highest BCUT2D eigenvalue weighted by Gasteiger charge is 2.21. The van der Waals surface area contributed by atoms with Crippen LogP contribution in [0.1, 0.15) is 16.8 Å². The Balaban J connectivity index is 1.51. The van der Waals surface area contributed by atoms with E-state index in [1.54, 1.807) is 6.20 Å². The van der Waals surface area contributed by atoms with Gasteiger partial charge in [-0.25, -0.2) is 4.98 Å². The lowest BCUT2D eigenvalue weighted by Gasteiger charge is -2.20. The average molecular weight is 436 g/mol. The number of nitrogen functional groups attached to an aromatic ring is 1. The Morgan fingerprint density at radius 1 is 1.03 bits per heavy atom. The summed E-state index contributed by atoms with van der Waals surface area (Å²) in [5.74, 6) is 1.46. The van der Waals surface area contributed by atoms with E-state index in [-0.39, 0.29) is 5.95 Å². The number of benzene rings is 2. The van der Waals surface area contributed by atoms with Crippen LogP contribution in [0.4, 0.5) is 5.95 Å². The van der Waals surface area contributed by atoms with Crippen molar-refractivity contribution in [3.8, 4) is 11.4 Å². The highest BCUT2D eigenvalue weighted by molar-refractivity contribution is 7.99. The van der Waals surface area contributed by atoms with E-state index in [2.05, 4.69) is 26.0 Å². The van der Waals surface area contributed by atoms with Crippen molar-refractivity contribution in [3.63, 3.8) is 0 Å². The van der Waals surface area contributed by atoms with Gasteiger partial charge in [0.1, 0.15) is 0 Å². The predicted molar refractivity (Wildman–Crippen MR) is 119 cm³/mol. The third-order valence-electron chi connectivity index (χ3n) is 4.97. The quantitative estimate of drug-likeness (QED) is 0.455. The maximum absolute atomic E-state index is 6.68. The van der Waals surface area contributed by atoms with Gasteiger partial charge in [-0.3, -0.25) is 4.98 Å². The Labute approximate surface area is 182 Å². The third-order valence-corrected chi connectivity index (χ3v) is 6.11. The predicted octanol–water partition coefficient (Wildman–Crippen LogP) is 4.69. The summed E-state index contributed by atoms with van der Waals surface area (Å²) in [6.45, 7) is 1.13. The minimum absolute atomic E-state index is 0.181. The number of rotatable bonds is 5. The smallest absolute Gasteiger partial charge is 0.224 e. The first kappa shape index (κ1) is 19.2. The lowest BCUT2D eigenvalue weighted by Crippen LogP contribution is -2.07. The van der Waals surface area contributed by atoms with E-state index in [1.165, 1.54) is 11.8 Å². The van der Waals surface area contributed by atoms with Gasteiger partial charge >= 0.3 is 0 Å². The van der Waals surface area contributed by atoms with E-state index in [0.29, 0.717) is 29.2 Å². The lowest BCUT2D eigenvalue weighted by atomic mass is 9.94.